The second kappa shape index (κ2) is 36.7. The van der Waals surface area contributed by atoms with Crippen molar-refractivity contribution in [1.29, 1.82) is 0 Å². The van der Waals surface area contributed by atoms with Crippen molar-refractivity contribution >= 4 is 10.1 Å². The Morgan fingerprint density at radius 2 is 0.500 bits per heavy atom. The highest BCUT2D eigenvalue weighted by Crippen LogP contribution is 2.21. The number of unbranched alkanes of at least 4 members (excludes halogenated alkanes) is 31. The molecule has 290 valence electrons. The van der Waals surface area contributed by atoms with Crippen molar-refractivity contribution in [2.75, 3.05) is 31.9 Å². The van der Waals surface area contributed by atoms with Crippen LogP contribution in [0.4, 0.5) is 0 Å². The summed E-state index contributed by atoms with van der Waals surface area (Å²) in [6, 6.07) is 0. The average molecular weight is 700 g/mol. The van der Waals surface area contributed by atoms with Gasteiger partial charge in [-0.3, -0.25) is 0 Å². The molecule has 0 saturated carbocycles. The van der Waals surface area contributed by atoms with Gasteiger partial charge in [-0.15, -0.1) is 0 Å². The largest absolute Gasteiger partial charge is 0.748 e. The molecule has 0 heterocycles. The molecule has 0 aromatic rings. The lowest BCUT2D eigenvalue weighted by Gasteiger charge is -2.40. The Morgan fingerprint density at radius 1 is 0.312 bits per heavy atom. The minimum absolute atomic E-state index is 0.192. The maximum atomic E-state index is 11.3. The van der Waals surface area contributed by atoms with E-state index in [1.54, 1.807) is 0 Å². The zero-order valence-corrected chi connectivity index (χ0v) is 34.2. The Morgan fingerprint density at radius 3 is 0.708 bits per heavy atom. The van der Waals surface area contributed by atoms with Crippen LogP contribution < -0.4 is 0 Å². The molecule has 0 aromatic carbocycles. The van der Waals surface area contributed by atoms with Crippen molar-refractivity contribution in [1.82, 2.24) is 0 Å². The van der Waals surface area contributed by atoms with Gasteiger partial charge in [0.25, 0.3) is 0 Å². The standard InChI is InChI=1S/C43H89NO3S/c1-4-7-10-13-16-19-22-25-28-31-34-39-44(42-37-38-43-48(45,46)47,40-35-32-29-26-23-20-17-14-11-8-5-2)41-36-33-30-27-24-21-18-15-12-9-6-3/h4-43H2,1-3H3. The molecule has 4 nitrogen and oxygen atoms in total. The Labute approximate surface area is 304 Å². The molecule has 0 aliphatic carbocycles. The lowest BCUT2D eigenvalue weighted by molar-refractivity contribution is -0.929. The molecular weight excluding hydrogens is 611 g/mol. The van der Waals surface area contributed by atoms with Crippen LogP contribution in [0.15, 0.2) is 0 Å². The van der Waals surface area contributed by atoms with E-state index < -0.39 is 10.1 Å². The topological polar surface area (TPSA) is 57.2 Å². The van der Waals surface area contributed by atoms with Gasteiger partial charge in [-0.05, 0) is 51.4 Å². The maximum absolute atomic E-state index is 11.3. The molecule has 0 radical (unpaired) electrons. The zero-order valence-electron chi connectivity index (χ0n) is 33.4. The van der Waals surface area contributed by atoms with Gasteiger partial charge in [-0.2, -0.15) is 0 Å². The van der Waals surface area contributed by atoms with Crippen molar-refractivity contribution in [3.05, 3.63) is 0 Å². The summed E-state index contributed by atoms with van der Waals surface area (Å²) < 4.78 is 35.2. The first kappa shape index (κ1) is 47.9. The number of rotatable bonds is 41. The van der Waals surface area contributed by atoms with Gasteiger partial charge in [0.15, 0.2) is 0 Å². The molecule has 0 bridgehead atoms. The fourth-order valence-electron chi connectivity index (χ4n) is 7.73. The molecule has 0 aromatic heterocycles. The SMILES string of the molecule is CCCCCCCCCCCCC[N+](CCCCCCCCCCCCC)(CCCCCCCCCCCCC)CCCCS(=O)(=O)[O-]. The fourth-order valence-corrected chi connectivity index (χ4v) is 8.29. The van der Waals surface area contributed by atoms with E-state index >= 15 is 0 Å². The number of hydrogen-bond acceptors (Lipinski definition) is 3. The summed E-state index contributed by atoms with van der Waals surface area (Å²) in [7, 11) is -4.12. The van der Waals surface area contributed by atoms with Crippen LogP contribution in [0, 0.1) is 0 Å². The zero-order chi connectivity index (χ0) is 35.3. The van der Waals surface area contributed by atoms with Crippen LogP contribution in [0.5, 0.6) is 0 Å². The molecule has 0 unspecified atom stereocenters. The number of hydrogen-bond donors (Lipinski definition) is 0. The van der Waals surface area contributed by atoms with Crippen molar-refractivity contribution < 1.29 is 17.5 Å². The van der Waals surface area contributed by atoms with Crippen LogP contribution in [0.1, 0.15) is 245 Å². The van der Waals surface area contributed by atoms with Crippen LogP contribution in [-0.2, 0) is 10.1 Å². The van der Waals surface area contributed by atoms with Gasteiger partial charge >= 0.3 is 0 Å². The van der Waals surface area contributed by atoms with Crippen molar-refractivity contribution in [3.63, 3.8) is 0 Å². The summed E-state index contributed by atoms with van der Waals surface area (Å²) in [5.41, 5.74) is 0. The van der Waals surface area contributed by atoms with E-state index in [1.807, 2.05) is 0 Å². The summed E-state index contributed by atoms with van der Waals surface area (Å²) in [6.45, 7) is 11.7. The monoisotopic (exact) mass is 700 g/mol. The third-order valence-corrected chi connectivity index (χ3v) is 11.8. The van der Waals surface area contributed by atoms with Crippen molar-refractivity contribution in [2.24, 2.45) is 0 Å². The van der Waals surface area contributed by atoms with Crippen LogP contribution in [0.3, 0.4) is 0 Å². The van der Waals surface area contributed by atoms with E-state index in [0.717, 1.165) is 13.0 Å². The van der Waals surface area contributed by atoms with E-state index in [4.69, 9.17) is 0 Å². The van der Waals surface area contributed by atoms with E-state index in [9.17, 15) is 13.0 Å². The van der Waals surface area contributed by atoms with E-state index in [2.05, 4.69) is 20.8 Å². The predicted molar refractivity (Wildman–Crippen MR) is 213 cm³/mol. The summed E-state index contributed by atoms with van der Waals surface area (Å²) in [5, 5.41) is 0. The predicted octanol–water partition coefficient (Wildman–Crippen LogP) is 14.1. The van der Waals surface area contributed by atoms with Gasteiger partial charge < -0.3 is 9.04 Å². The normalized spacial score (nSPS) is 12.3. The first-order valence-corrected chi connectivity index (χ1v) is 23.8. The minimum Gasteiger partial charge on any atom is -0.748 e. The lowest BCUT2D eigenvalue weighted by Crippen LogP contribution is -2.51. The molecule has 0 aliphatic rings. The summed E-state index contributed by atoms with van der Waals surface area (Å²) in [4.78, 5) is 0. The van der Waals surface area contributed by atoms with Crippen LogP contribution in [0.25, 0.3) is 0 Å². The second-order valence-corrected chi connectivity index (χ2v) is 17.3. The van der Waals surface area contributed by atoms with Gasteiger partial charge in [-0.1, -0.05) is 194 Å². The maximum Gasteiger partial charge on any atom is 0.0945 e. The molecule has 5 heteroatoms. The Balaban J connectivity index is 4.83. The molecule has 0 N–H and O–H groups in total. The fraction of sp³-hybridized carbons (Fsp3) is 1.00. The van der Waals surface area contributed by atoms with Crippen LogP contribution in [0.2, 0.25) is 0 Å². The highest BCUT2D eigenvalue weighted by atomic mass is 32.2. The molecule has 0 fully saturated rings. The Hall–Kier alpha value is -0.130. The summed E-state index contributed by atoms with van der Waals surface area (Å²) >= 11 is 0. The molecular formula is C43H89NO3S. The molecule has 0 spiro atoms. The van der Waals surface area contributed by atoms with Crippen LogP contribution in [-0.4, -0.2) is 49.4 Å². The summed E-state index contributed by atoms with van der Waals surface area (Å²) in [5.74, 6) is -0.192. The highest BCUT2D eigenvalue weighted by molar-refractivity contribution is 7.85. The minimum atomic E-state index is -4.12. The molecule has 0 atom stereocenters. The Bertz CT molecular complexity index is 661. The molecule has 0 aliphatic heterocycles. The second-order valence-electron chi connectivity index (χ2n) is 15.8. The van der Waals surface area contributed by atoms with Gasteiger partial charge in [-0.25, -0.2) is 8.42 Å². The van der Waals surface area contributed by atoms with E-state index in [0.29, 0.717) is 6.42 Å². The molecule has 48 heavy (non-hydrogen) atoms. The van der Waals surface area contributed by atoms with Crippen molar-refractivity contribution in [3.8, 4) is 0 Å². The third kappa shape index (κ3) is 35.7. The Kier molecular flexibility index (Phi) is 36.6. The van der Waals surface area contributed by atoms with E-state index in [1.165, 1.54) is 236 Å². The first-order valence-electron chi connectivity index (χ1n) is 22.2. The average Bonchev–Trinajstić information content (AvgIpc) is 3.06. The highest BCUT2D eigenvalue weighted by Gasteiger charge is 2.26. The third-order valence-electron chi connectivity index (χ3n) is 11.0. The summed E-state index contributed by atoms with van der Waals surface area (Å²) in [6.07, 6.45) is 46.8. The van der Waals surface area contributed by atoms with Gasteiger partial charge in [0.1, 0.15) is 0 Å². The smallest absolute Gasteiger partial charge is 0.0945 e. The number of quaternary nitrogens is 1. The number of nitrogens with zero attached hydrogens (tertiary/aromatic N) is 1. The van der Waals surface area contributed by atoms with E-state index in [-0.39, 0.29) is 5.75 Å². The van der Waals surface area contributed by atoms with Gasteiger partial charge in [0, 0.05) is 5.75 Å². The van der Waals surface area contributed by atoms with Crippen LogP contribution >= 0.6 is 0 Å². The first-order chi connectivity index (χ1) is 23.4. The molecule has 0 saturated heterocycles. The van der Waals surface area contributed by atoms with Crippen molar-refractivity contribution in [2.45, 2.75) is 245 Å². The molecule has 0 amide bonds. The molecule has 0 rings (SSSR count). The van der Waals surface area contributed by atoms with Gasteiger partial charge in [0.2, 0.25) is 0 Å². The lowest BCUT2D eigenvalue weighted by atomic mass is 10.0. The van der Waals surface area contributed by atoms with Gasteiger partial charge in [0.05, 0.1) is 36.3 Å². The quantitative estimate of drug-likeness (QED) is 0.0362.